The molecule has 0 aliphatic carbocycles. The second-order valence-electron chi connectivity index (χ2n) is 3.51. The molecule has 2 atom stereocenters. The van der Waals surface area contributed by atoms with Crippen LogP contribution in [0.15, 0.2) is 0 Å². The standard InChI is InChI=1S/C8H14O3P/c1-5-7-6-10-12(4,9)11-8(7,2)3/h1,7,9H,6H2,2-4H3/q+1. The average molecular weight is 189 g/mol. The van der Waals surface area contributed by atoms with Gasteiger partial charge in [-0.25, -0.2) is 0 Å². The van der Waals surface area contributed by atoms with Crippen LogP contribution in [0.4, 0.5) is 0 Å². The van der Waals surface area contributed by atoms with Gasteiger partial charge in [-0.3, -0.25) is 0 Å². The molecule has 2 unspecified atom stereocenters. The van der Waals surface area contributed by atoms with Crippen molar-refractivity contribution in [1.29, 1.82) is 0 Å². The van der Waals surface area contributed by atoms with Gasteiger partial charge in [-0.2, -0.15) is 13.9 Å². The highest BCUT2D eigenvalue weighted by Crippen LogP contribution is 2.60. The van der Waals surface area contributed by atoms with Crippen LogP contribution in [0.5, 0.6) is 0 Å². The summed E-state index contributed by atoms with van der Waals surface area (Å²) in [5, 5.41) is 0. The van der Waals surface area contributed by atoms with Crippen molar-refractivity contribution >= 4 is 7.94 Å². The van der Waals surface area contributed by atoms with Crippen LogP contribution in [0.1, 0.15) is 13.8 Å². The molecular weight excluding hydrogens is 175 g/mol. The summed E-state index contributed by atoms with van der Waals surface area (Å²) in [5.41, 5.74) is -0.482. The van der Waals surface area contributed by atoms with Crippen LogP contribution in [-0.4, -0.2) is 23.8 Å². The summed E-state index contributed by atoms with van der Waals surface area (Å²) in [6, 6.07) is 0. The molecule has 1 fully saturated rings. The largest absolute Gasteiger partial charge is 0.406 e. The van der Waals surface area contributed by atoms with Crippen LogP contribution >= 0.6 is 7.94 Å². The lowest BCUT2D eigenvalue weighted by molar-refractivity contribution is -0.0238. The molecule has 0 saturated carbocycles. The van der Waals surface area contributed by atoms with Crippen LogP contribution in [-0.2, 0) is 9.05 Å². The molecule has 3 nitrogen and oxygen atoms in total. The van der Waals surface area contributed by atoms with Gasteiger partial charge in [-0.1, -0.05) is 5.92 Å². The van der Waals surface area contributed by atoms with E-state index in [0.29, 0.717) is 6.61 Å². The third-order valence-electron chi connectivity index (χ3n) is 1.93. The van der Waals surface area contributed by atoms with Crippen molar-refractivity contribution in [3.05, 3.63) is 0 Å². The van der Waals surface area contributed by atoms with E-state index < -0.39 is 13.5 Å². The molecule has 1 rings (SSSR count). The van der Waals surface area contributed by atoms with Crippen LogP contribution in [0.25, 0.3) is 0 Å². The van der Waals surface area contributed by atoms with E-state index in [9.17, 15) is 4.89 Å². The third-order valence-corrected chi connectivity index (χ3v) is 3.36. The minimum atomic E-state index is -2.60. The fourth-order valence-electron chi connectivity index (χ4n) is 1.19. The topological polar surface area (TPSA) is 38.7 Å². The quantitative estimate of drug-likeness (QED) is 0.463. The lowest BCUT2D eigenvalue weighted by Crippen LogP contribution is -2.40. The molecule has 0 amide bonds. The Morgan fingerprint density at radius 2 is 2.25 bits per heavy atom. The molecular formula is C8H14O3P+. The van der Waals surface area contributed by atoms with Crippen molar-refractivity contribution in [3.8, 4) is 12.3 Å². The van der Waals surface area contributed by atoms with E-state index in [4.69, 9.17) is 15.5 Å². The van der Waals surface area contributed by atoms with E-state index in [-0.39, 0.29) is 5.92 Å². The summed E-state index contributed by atoms with van der Waals surface area (Å²) >= 11 is 0. The van der Waals surface area contributed by atoms with E-state index in [2.05, 4.69) is 5.92 Å². The molecule has 1 heterocycles. The summed E-state index contributed by atoms with van der Waals surface area (Å²) in [6.07, 6.45) is 5.29. The second kappa shape index (κ2) is 2.97. The summed E-state index contributed by atoms with van der Waals surface area (Å²) in [5.74, 6) is 2.50. The fourth-order valence-corrected chi connectivity index (χ4v) is 2.67. The van der Waals surface area contributed by atoms with Crippen molar-refractivity contribution in [2.75, 3.05) is 13.3 Å². The van der Waals surface area contributed by atoms with Crippen molar-refractivity contribution in [1.82, 2.24) is 0 Å². The Morgan fingerprint density at radius 3 is 2.67 bits per heavy atom. The highest BCUT2D eigenvalue weighted by molar-refractivity contribution is 7.59. The SMILES string of the molecule is C#CC1CO[P+](C)(O)OC1(C)C. The second-order valence-corrected chi connectivity index (χ2v) is 5.56. The zero-order valence-electron chi connectivity index (χ0n) is 7.57. The van der Waals surface area contributed by atoms with Crippen LogP contribution in [0.3, 0.4) is 0 Å². The number of hydrogen-bond donors (Lipinski definition) is 1. The number of terminal acetylenes is 1. The Bertz CT molecular complexity index is 217. The highest BCUT2D eigenvalue weighted by atomic mass is 31.2. The number of rotatable bonds is 0. The van der Waals surface area contributed by atoms with Gasteiger partial charge in [-0.05, 0) is 13.8 Å². The predicted octanol–water partition coefficient (Wildman–Crippen LogP) is 1.45. The van der Waals surface area contributed by atoms with Gasteiger partial charge in [0.05, 0.1) is 5.92 Å². The Labute approximate surface area is 73.7 Å². The van der Waals surface area contributed by atoms with E-state index in [1.54, 1.807) is 6.66 Å². The fraction of sp³-hybridized carbons (Fsp3) is 0.750. The van der Waals surface area contributed by atoms with Gasteiger partial charge >= 0.3 is 7.94 Å². The maximum atomic E-state index is 9.52. The van der Waals surface area contributed by atoms with Gasteiger partial charge in [-0.15, -0.1) is 6.42 Å². The lowest BCUT2D eigenvalue weighted by Gasteiger charge is -2.35. The minimum absolute atomic E-state index is 0.0854. The number of hydrogen-bond acceptors (Lipinski definition) is 3. The van der Waals surface area contributed by atoms with Gasteiger partial charge in [0.15, 0.2) is 0 Å². The van der Waals surface area contributed by atoms with Crippen LogP contribution in [0, 0.1) is 18.3 Å². The van der Waals surface area contributed by atoms with Crippen LogP contribution < -0.4 is 0 Å². The van der Waals surface area contributed by atoms with Crippen molar-refractivity contribution in [2.24, 2.45) is 5.92 Å². The van der Waals surface area contributed by atoms with Gasteiger partial charge in [0, 0.05) is 0 Å². The molecule has 1 saturated heterocycles. The molecule has 1 aliphatic heterocycles. The molecule has 1 N–H and O–H groups in total. The Kier molecular flexibility index (Phi) is 2.47. The minimum Gasteiger partial charge on any atom is -0.193 e. The molecule has 0 aromatic rings. The summed E-state index contributed by atoms with van der Waals surface area (Å²) in [4.78, 5) is 9.52. The summed E-state index contributed by atoms with van der Waals surface area (Å²) in [6.45, 7) is 5.69. The Balaban J connectivity index is 2.76. The van der Waals surface area contributed by atoms with Gasteiger partial charge < -0.3 is 0 Å². The van der Waals surface area contributed by atoms with Gasteiger partial charge in [0.2, 0.25) is 0 Å². The van der Waals surface area contributed by atoms with E-state index in [1.807, 2.05) is 13.8 Å². The Hall–Kier alpha value is -0.130. The van der Waals surface area contributed by atoms with Crippen molar-refractivity contribution < 1.29 is 13.9 Å². The average Bonchev–Trinajstić information content (AvgIpc) is 1.83. The predicted molar refractivity (Wildman–Crippen MR) is 48.5 cm³/mol. The molecule has 12 heavy (non-hydrogen) atoms. The summed E-state index contributed by atoms with van der Waals surface area (Å²) < 4.78 is 10.5. The maximum Gasteiger partial charge on any atom is 0.406 e. The molecule has 0 aromatic carbocycles. The molecule has 0 spiro atoms. The first-order chi connectivity index (χ1) is 5.37. The van der Waals surface area contributed by atoms with Crippen LogP contribution in [0.2, 0.25) is 0 Å². The van der Waals surface area contributed by atoms with Gasteiger partial charge in [0.25, 0.3) is 0 Å². The normalized spacial score (nSPS) is 40.4. The smallest absolute Gasteiger partial charge is 0.193 e. The summed E-state index contributed by atoms with van der Waals surface area (Å²) in [7, 11) is -2.60. The van der Waals surface area contributed by atoms with Gasteiger partial charge in [0.1, 0.15) is 18.9 Å². The molecule has 0 bridgehead atoms. The Morgan fingerprint density at radius 1 is 1.67 bits per heavy atom. The van der Waals surface area contributed by atoms with E-state index in [0.717, 1.165) is 0 Å². The molecule has 0 radical (unpaired) electrons. The molecule has 68 valence electrons. The zero-order valence-corrected chi connectivity index (χ0v) is 8.47. The molecule has 4 heteroatoms. The lowest BCUT2D eigenvalue weighted by atomic mass is 9.93. The maximum absolute atomic E-state index is 9.52. The zero-order chi connectivity index (χ0) is 9.41. The third kappa shape index (κ3) is 1.97. The van der Waals surface area contributed by atoms with E-state index in [1.165, 1.54) is 0 Å². The molecule has 0 aromatic heterocycles. The first-order valence-corrected chi connectivity index (χ1v) is 5.80. The van der Waals surface area contributed by atoms with E-state index >= 15 is 0 Å². The van der Waals surface area contributed by atoms with Crippen molar-refractivity contribution in [2.45, 2.75) is 19.4 Å². The molecule has 1 aliphatic rings. The first-order valence-electron chi connectivity index (χ1n) is 3.78. The highest BCUT2D eigenvalue weighted by Gasteiger charge is 2.50. The monoisotopic (exact) mass is 189 g/mol. The first kappa shape index (κ1) is 9.95. The van der Waals surface area contributed by atoms with Crippen molar-refractivity contribution in [3.63, 3.8) is 0 Å².